The summed E-state index contributed by atoms with van der Waals surface area (Å²) in [5.74, 6) is 0.0472. The molecule has 1 aliphatic heterocycles. The Morgan fingerprint density at radius 2 is 1.65 bits per heavy atom. The first-order valence-corrected chi connectivity index (χ1v) is 7.19. The second-order valence-electron chi connectivity index (χ2n) is 5.75. The maximum Gasteiger partial charge on any atom is 0.311 e. The van der Waals surface area contributed by atoms with E-state index in [9.17, 15) is 14.7 Å². The number of benzene rings is 1. The molecular weight excluding hydrogens is 302 g/mol. The molecule has 1 saturated heterocycles. The van der Waals surface area contributed by atoms with Crippen LogP contribution in [0.5, 0.6) is 17.2 Å². The van der Waals surface area contributed by atoms with E-state index in [4.69, 9.17) is 14.2 Å². The van der Waals surface area contributed by atoms with Crippen LogP contribution < -0.4 is 14.2 Å². The van der Waals surface area contributed by atoms with Crippen molar-refractivity contribution in [1.29, 1.82) is 0 Å². The number of carbonyl (C=O) groups is 2. The average molecular weight is 323 g/mol. The standard InChI is InChI=1S/C16H21NO6/c1-16(15(19)20)5-6-17(9-16)14(18)10-7-12(22-3)13(23-4)8-11(10)21-2/h7-8H,5-6,9H2,1-4H3,(H,19,20). The number of aliphatic carboxylic acids is 1. The van der Waals surface area contributed by atoms with Crippen LogP contribution in [-0.2, 0) is 4.79 Å². The molecule has 1 heterocycles. The molecular formula is C16H21NO6. The van der Waals surface area contributed by atoms with Gasteiger partial charge in [-0.3, -0.25) is 9.59 Å². The quantitative estimate of drug-likeness (QED) is 0.887. The first-order chi connectivity index (χ1) is 10.9. The van der Waals surface area contributed by atoms with Gasteiger partial charge in [-0.05, 0) is 13.3 Å². The number of amides is 1. The van der Waals surface area contributed by atoms with E-state index in [1.807, 2.05) is 0 Å². The number of carboxylic acids is 1. The van der Waals surface area contributed by atoms with Crippen LogP contribution in [0.3, 0.4) is 0 Å². The molecule has 1 amide bonds. The van der Waals surface area contributed by atoms with Crippen LogP contribution in [0.4, 0.5) is 0 Å². The molecule has 1 N–H and O–H groups in total. The normalized spacial score (nSPS) is 20.3. The maximum absolute atomic E-state index is 12.8. The predicted molar refractivity (Wildman–Crippen MR) is 82.4 cm³/mol. The van der Waals surface area contributed by atoms with Gasteiger partial charge in [-0.1, -0.05) is 0 Å². The van der Waals surface area contributed by atoms with Gasteiger partial charge in [0.25, 0.3) is 5.91 Å². The third-order valence-electron chi connectivity index (χ3n) is 4.21. The summed E-state index contributed by atoms with van der Waals surface area (Å²) < 4.78 is 15.7. The zero-order valence-electron chi connectivity index (χ0n) is 13.7. The molecule has 1 unspecified atom stereocenters. The predicted octanol–water partition coefficient (Wildman–Crippen LogP) is 1.65. The van der Waals surface area contributed by atoms with Gasteiger partial charge < -0.3 is 24.2 Å². The van der Waals surface area contributed by atoms with Crippen molar-refractivity contribution in [3.63, 3.8) is 0 Å². The van der Waals surface area contributed by atoms with Gasteiger partial charge in [-0.15, -0.1) is 0 Å². The Bertz CT molecular complexity index is 629. The number of hydrogen-bond donors (Lipinski definition) is 1. The SMILES string of the molecule is COc1cc(OC)c(C(=O)N2CCC(C)(C(=O)O)C2)cc1OC. The van der Waals surface area contributed by atoms with Crippen LogP contribution in [0.25, 0.3) is 0 Å². The highest BCUT2D eigenvalue weighted by molar-refractivity contribution is 5.98. The summed E-state index contributed by atoms with van der Waals surface area (Å²) in [5, 5.41) is 9.29. The van der Waals surface area contributed by atoms with Crippen molar-refractivity contribution in [2.24, 2.45) is 5.41 Å². The minimum Gasteiger partial charge on any atom is -0.496 e. The van der Waals surface area contributed by atoms with Crippen molar-refractivity contribution in [3.05, 3.63) is 17.7 Å². The van der Waals surface area contributed by atoms with Gasteiger partial charge in [-0.25, -0.2) is 0 Å². The van der Waals surface area contributed by atoms with Crippen LogP contribution in [0, 0.1) is 5.41 Å². The lowest BCUT2D eigenvalue weighted by atomic mass is 9.90. The third kappa shape index (κ3) is 3.04. The first-order valence-electron chi connectivity index (χ1n) is 7.19. The highest BCUT2D eigenvalue weighted by Gasteiger charge is 2.42. The van der Waals surface area contributed by atoms with Crippen LogP contribution >= 0.6 is 0 Å². The van der Waals surface area contributed by atoms with Crippen LogP contribution in [-0.4, -0.2) is 56.3 Å². The van der Waals surface area contributed by atoms with E-state index in [2.05, 4.69) is 0 Å². The number of likely N-dealkylation sites (tertiary alicyclic amines) is 1. The zero-order valence-corrected chi connectivity index (χ0v) is 13.7. The van der Waals surface area contributed by atoms with E-state index >= 15 is 0 Å². The number of carbonyl (C=O) groups excluding carboxylic acids is 1. The van der Waals surface area contributed by atoms with Crippen LogP contribution in [0.2, 0.25) is 0 Å². The number of rotatable bonds is 5. The number of hydrogen-bond acceptors (Lipinski definition) is 5. The summed E-state index contributed by atoms with van der Waals surface area (Å²) in [6.07, 6.45) is 0.420. The summed E-state index contributed by atoms with van der Waals surface area (Å²) in [4.78, 5) is 25.6. The molecule has 1 aromatic carbocycles. The second kappa shape index (κ2) is 6.36. The van der Waals surface area contributed by atoms with E-state index in [-0.39, 0.29) is 12.5 Å². The second-order valence-corrected chi connectivity index (χ2v) is 5.75. The Kier molecular flexibility index (Phi) is 4.68. The fourth-order valence-electron chi connectivity index (χ4n) is 2.68. The van der Waals surface area contributed by atoms with Gasteiger partial charge in [0.1, 0.15) is 5.75 Å². The molecule has 7 nitrogen and oxygen atoms in total. The molecule has 0 saturated carbocycles. The topological polar surface area (TPSA) is 85.3 Å². The molecule has 1 aromatic rings. The smallest absolute Gasteiger partial charge is 0.311 e. The van der Waals surface area contributed by atoms with Crippen molar-refractivity contribution in [2.45, 2.75) is 13.3 Å². The number of nitrogens with zero attached hydrogens (tertiary/aromatic N) is 1. The molecule has 0 aromatic heterocycles. The van der Waals surface area contributed by atoms with Gasteiger partial charge >= 0.3 is 5.97 Å². The lowest BCUT2D eigenvalue weighted by molar-refractivity contribution is -0.147. The van der Waals surface area contributed by atoms with Crippen molar-refractivity contribution < 1.29 is 28.9 Å². The molecule has 23 heavy (non-hydrogen) atoms. The van der Waals surface area contributed by atoms with E-state index in [1.54, 1.807) is 19.1 Å². The fraction of sp³-hybridized carbons (Fsp3) is 0.500. The molecule has 1 atom stereocenters. The van der Waals surface area contributed by atoms with Gasteiger partial charge in [-0.2, -0.15) is 0 Å². The van der Waals surface area contributed by atoms with Crippen molar-refractivity contribution in [1.82, 2.24) is 4.90 Å². The van der Waals surface area contributed by atoms with Crippen LogP contribution in [0.15, 0.2) is 12.1 Å². The van der Waals surface area contributed by atoms with Gasteiger partial charge in [0.2, 0.25) is 0 Å². The number of methoxy groups -OCH3 is 3. The summed E-state index contributed by atoms with van der Waals surface area (Å²) in [6, 6.07) is 3.13. The molecule has 1 aliphatic rings. The third-order valence-corrected chi connectivity index (χ3v) is 4.21. The Hall–Kier alpha value is -2.44. The summed E-state index contributed by atoms with van der Waals surface area (Å²) >= 11 is 0. The van der Waals surface area contributed by atoms with Crippen molar-refractivity contribution >= 4 is 11.9 Å². The van der Waals surface area contributed by atoms with Gasteiger partial charge in [0, 0.05) is 25.2 Å². The summed E-state index contributed by atoms with van der Waals surface area (Å²) in [5.41, 5.74) is -0.598. The Morgan fingerprint density at radius 1 is 1.09 bits per heavy atom. The summed E-state index contributed by atoms with van der Waals surface area (Å²) in [6.45, 7) is 2.20. The molecule has 0 radical (unpaired) electrons. The van der Waals surface area contributed by atoms with E-state index in [0.717, 1.165) is 0 Å². The lowest BCUT2D eigenvalue weighted by Gasteiger charge is -2.21. The molecule has 126 valence electrons. The highest BCUT2D eigenvalue weighted by Crippen LogP contribution is 2.37. The molecule has 2 rings (SSSR count). The van der Waals surface area contributed by atoms with E-state index in [1.165, 1.54) is 26.2 Å². The minimum absolute atomic E-state index is 0.165. The Labute approximate surface area is 134 Å². The molecule has 7 heteroatoms. The number of carboxylic acid groups (broad SMARTS) is 1. The lowest BCUT2D eigenvalue weighted by Crippen LogP contribution is -2.35. The average Bonchev–Trinajstić information content (AvgIpc) is 2.96. The molecule has 0 spiro atoms. The number of ether oxygens (including phenoxy) is 3. The van der Waals surface area contributed by atoms with Crippen molar-refractivity contribution in [2.75, 3.05) is 34.4 Å². The van der Waals surface area contributed by atoms with Gasteiger partial charge in [0.05, 0.1) is 32.3 Å². The van der Waals surface area contributed by atoms with Gasteiger partial charge in [0.15, 0.2) is 11.5 Å². The Balaban J connectivity index is 2.34. The molecule has 0 aliphatic carbocycles. The Morgan fingerprint density at radius 3 is 2.13 bits per heavy atom. The largest absolute Gasteiger partial charge is 0.496 e. The zero-order chi connectivity index (χ0) is 17.2. The summed E-state index contributed by atoms with van der Waals surface area (Å²) in [7, 11) is 4.44. The van der Waals surface area contributed by atoms with E-state index < -0.39 is 11.4 Å². The highest BCUT2D eigenvalue weighted by atomic mass is 16.5. The maximum atomic E-state index is 12.8. The molecule has 0 bridgehead atoms. The monoisotopic (exact) mass is 323 g/mol. The fourth-order valence-corrected chi connectivity index (χ4v) is 2.68. The minimum atomic E-state index is -0.917. The van der Waals surface area contributed by atoms with Crippen LogP contribution in [0.1, 0.15) is 23.7 Å². The molecule has 1 fully saturated rings. The van der Waals surface area contributed by atoms with E-state index in [0.29, 0.717) is 35.8 Å². The van der Waals surface area contributed by atoms with Crippen molar-refractivity contribution in [3.8, 4) is 17.2 Å². The first kappa shape index (κ1) is 16.9.